The molecule has 0 aliphatic heterocycles. The zero-order valence-corrected chi connectivity index (χ0v) is 13.4. The van der Waals surface area contributed by atoms with Gasteiger partial charge in [0.1, 0.15) is 0 Å². The number of hydrogen-bond donors (Lipinski definition) is 1. The van der Waals surface area contributed by atoms with Gasteiger partial charge in [-0.25, -0.2) is 0 Å². The van der Waals surface area contributed by atoms with E-state index in [9.17, 15) is 0 Å². The third-order valence-electron chi connectivity index (χ3n) is 4.18. The van der Waals surface area contributed by atoms with E-state index in [0.29, 0.717) is 6.04 Å². The largest absolute Gasteiger partial charge is 0.310 e. The molecular formula is C17H27NS. The molecule has 1 unspecified atom stereocenters. The van der Waals surface area contributed by atoms with Crippen molar-refractivity contribution in [3.05, 3.63) is 34.9 Å². The van der Waals surface area contributed by atoms with E-state index in [1.54, 1.807) is 0 Å². The van der Waals surface area contributed by atoms with E-state index in [4.69, 9.17) is 0 Å². The van der Waals surface area contributed by atoms with Crippen molar-refractivity contribution in [2.45, 2.75) is 57.7 Å². The molecule has 106 valence electrons. The predicted molar refractivity (Wildman–Crippen MR) is 87.0 cm³/mol. The van der Waals surface area contributed by atoms with Gasteiger partial charge in [0.2, 0.25) is 0 Å². The Morgan fingerprint density at radius 3 is 2.58 bits per heavy atom. The van der Waals surface area contributed by atoms with E-state index in [1.165, 1.54) is 48.1 Å². The Balaban J connectivity index is 1.99. The van der Waals surface area contributed by atoms with Crippen molar-refractivity contribution < 1.29 is 0 Å². The molecule has 0 spiro atoms. The van der Waals surface area contributed by atoms with Gasteiger partial charge in [0.25, 0.3) is 0 Å². The summed E-state index contributed by atoms with van der Waals surface area (Å²) >= 11 is 2.17. The van der Waals surface area contributed by atoms with Gasteiger partial charge in [0, 0.05) is 17.0 Å². The number of aryl methyl sites for hydroxylation is 2. The third-order valence-corrected chi connectivity index (χ3v) is 5.65. The highest BCUT2D eigenvalue weighted by Crippen LogP contribution is 2.32. The normalized spacial score (nSPS) is 17.8. The summed E-state index contributed by atoms with van der Waals surface area (Å²) in [5.74, 6) is 1.21. The highest BCUT2D eigenvalue weighted by molar-refractivity contribution is 7.99. The van der Waals surface area contributed by atoms with Crippen LogP contribution in [0.25, 0.3) is 0 Å². The topological polar surface area (TPSA) is 12.0 Å². The maximum absolute atomic E-state index is 3.65. The summed E-state index contributed by atoms with van der Waals surface area (Å²) in [6, 6.07) is 7.42. The number of thioether (sulfide) groups is 1. The molecule has 1 aliphatic rings. The van der Waals surface area contributed by atoms with Crippen molar-refractivity contribution in [1.82, 2.24) is 5.32 Å². The lowest BCUT2D eigenvalue weighted by molar-refractivity contribution is 0.604. The van der Waals surface area contributed by atoms with E-state index in [2.05, 4.69) is 56.0 Å². The SMILES string of the molecule is CCNC(CSC1CCCC1)c1ccc(C)c(C)c1. The Morgan fingerprint density at radius 2 is 1.95 bits per heavy atom. The first-order chi connectivity index (χ1) is 9.20. The van der Waals surface area contributed by atoms with Crippen molar-refractivity contribution in [3.63, 3.8) is 0 Å². The van der Waals surface area contributed by atoms with Gasteiger partial charge in [-0.2, -0.15) is 11.8 Å². The first-order valence-electron chi connectivity index (χ1n) is 7.63. The summed E-state index contributed by atoms with van der Waals surface area (Å²) in [6.45, 7) is 7.65. The second-order valence-corrected chi connectivity index (χ2v) is 7.03. The molecule has 1 fully saturated rings. The van der Waals surface area contributed by atoms with E-state index in [0.717, 1.165) is 11.8 Å². The summed E-state index contributed by atoms with van der Waals surface area (Å²) in [5, 5.41) is 4.56. The van der Waals surface area contributed by atoms with Crippen LogP contribution in [-0.2, 0) is 0 Å². The Kier molecular flexibility index (Phi) is 5.77. The van der Waals surface area contributed by atoms with Crippen LogP contribution in [0.1, 0.15) is 55.3 Å². The van der Waals surface area contributed by atoms with Gasteiger partial charge >= 0.3 is 0 Å². The maximum atomic E-state index is 3.65. The van der Waals surface area contributed by atoms with Gasteiger partial charge in [-0.3, -0.25) is 0 Å². The average Bonchev–Trinajstić information content (AvgIpc) is 2.91. The fraction of sp³-hybridized carbons (Fsp3) is 0.647. The molecule has 1 aliphatic carbocycles. The zero-order valence-electron chi connectivity index (χ0n) is 12.5. The molecule has 0 saturated heterocycles. The molecule has 1 saturated carbocycles. The summed E-state index contributed by atoms with van der Waals surface area (Å²) in [6.07, 6.45) is 5.73. The minimum Gasteiger partial charge on any atom is -0.310 e. The van der Waals surface area contributed by atoms with E-state index >= 15 is 0 Å². The minimum atomic E-state index is 0.509. The highest BCUT2D eigenvalue weighted by Gasteiger charge is 2.18. The molecule has 0 heterocycles. The molecule has 0 amide bonds. The predicted octanol–water partition coefficient (Wildman–Crippen LogP) is 4.63. The molecule has 1 atom stereocenters. The smallest absolute Gasteiger partial charge is 0.0411 e. The molecule has 0 bridgehead atoms. The Hall–Kier alpha value is -0.470. The molecule has 1 aromatic carbocycles. The maximum Gasteiger partial charge on any atom is 0.0411 e. The van der Waals surface area contributed by atoms with Gasteiger partial charge in [-0.15, -0.1) is 0 Å². The number of hydrogen-bond acceptors (Lipinski definition) is 2. The highest BCUT2D eigenvalue weighted by atomic mass is 32.2. The van der Waals surface area contributed by atoms with Crippen LogP contribution < -0.4 is 5.32 Å². The Morgan fingerprint density at radius 1 is 1.21 bits per heavy atom. The third kappa shape index (κ3) is 4.25. The summed E-state index contributed by atoms with van der Waals surface area (Å²) in [4.78, 5) is 0. The van der Waals surface area contributed by atoms with Crippen LogP contribution >= 0.6 is 11.8 Å². The van der Waals surface area contributed by atoms with Crippen molar-refractivity contribution in [2.24, 2.45) is 0 Å². The van der Waals surface area contributed by atoms with Gasteiger partial charge < -0.3 is 5.32 Å². The van der Waals surface area contributed by atoms with Crippen molar-refractivity contribution in [1.29, 1.82) is 0 Å². The molecule has 2 heteroatoms. The van der Waals surface area contributed by atoms with Crippen molar-refractivity contribution in [2.75, 3.05) is 12.3 Å². The standard InChI is InChI=1S/C17H27NS/c1-4-18-17(12-19-16-7-5-6-8-16)15-10-9-13(2)14(3)11-15/h9-11,16-18H,4-8,12H2,1-3H3. The number of nitrogens with one attached hydrogen (secondary N) is 1. The van der Waals surface area contributed by atoms with Crippen LogP contribution in [-0.4, -0.2) is 17.5 Å². The van der Waals surface area contributed by atoms with Gasteiger partial charge in [0.05, 0.1) is 0 Å². The van der Waals surface area contributed by atoms with Crippen LogP contribution in [0.4, 0.5) is 0 Å². The first kappa shape index (κ1) is 14.9. The van der Waals surface area contributed by atoms with E-state index in [1.807, 2.05) is 0 Å². The molecule has 1 aromatic rings. The molecule has 1 N–H and O–H groups in total. The zero-order chi connectivity index (χ0) is 13.7. The van der Waals surface area contributed by atoms with Gasteiger partial charge in [-0.1, -0.05) is 38.0 Å². The minimum absolute atomic E-state index is 0.509. The van der Waals surface area contributed by atoms with E-state index < -0.39 is 0 Å². The number of rotatable bonds is 6. The number of benzene rings is 1. The Bertz CT molecular complexity index is 396. The first-order valence-corrected chi connectivity index (χ1v) is 8.67. The molecule has 19 heavy (non-hydrogen) atoms. The fourth-order valence-electron chi connectivity index (χ4n) is 2.79. The van der Waals surface area contributed by atoms with Crippen LogP contribution in [0, 0.1) is 13.8 Å². The molecule has 2 rings (SSSR count). The summed E-state index contributed by atoms with van der Waals surface area (Å²) in [5.41, 5.74) is 4.25. The lowest BCUT2D eigenvalue weighted by atomic mass is 10.0. The molecule has 1 nitrogen and oxygen atoms in total. The van der Waals surface area contributed by atoms with Crippen LogP contribution in [0.15, 0.2) is 18.2 Å². The second-order valence-electron chi connectivity index (χ2n) is 5.69. The Labute approximate surface area is 122 Å². The van der Waals surface area contributed by atoms with Gasteiger partial charge in [-0.05, 0) is 49.9 Å². The van der Waals surface area contributed by atoms with Crippen LogP contribution in [0.2, 0.25) is 0 Å². The average molecular weight is 277 g/mol. The second kappa shape index (κ2) is 7.35. The molecular weight excluding hydrogens is 250 g/mol. The van der Waals surface area contributed by atoms with E-state index in [-0.39, 0.29) is 0 Å². The summed E-state index contributed by atoms with van der Waals surface area (Å²) < 4.78 is 0. The quantitative estimate of drug-likeness (QED) is 0.813. The summed E-state index contributed by atoms with van der Waals surface area (Å²) in [7, 11) is 0. The van der Waals surface area contributed by atoms with Crippen molar-refractivity contribution in [3.8, 4) is 0 Å². The fourth-order valence-corrected chi connectivity index (χ4v) is 4.23. The van der Waals surface area contributed by atoms with Crippen LogP contribution in [0.3, 0.4) is 0 Å². The lowest BCUT2D eigenvalue weighted by Crippen LogP contribution is -2.23. The lowest BCUT2D eigenvalue weighted by Gasteiger charge is -2.21. The monoisotopic (exact) mass is 277 g/mol. The van der Waals surface area contributed by atoms with Gasteiger partial charge in [0.15, 0.2) is 0 Å². The van der Waals surface area contributed by atoms with Crippen LogP contribution in [0.5, 0.6) is 0 Å². The molecule has 0 aromatic heterocycles. The molecule has 0 radical (unpaired) electrons. The van der Waals surface area contributed by atoms with Crippen molar-refractivity contribution >= 4 is 11.8 Å².